The summed E-state index contributed by atoms with van der Waals surface area (Å²) < 4.78 is 78.5. The normalized spacial score (nSPS) is 18.7. The number of benzene rings is 3. The zero-order chi connectivity index (χ0) is 49.2. The Morgan fingerprint density at radius 3 is 1.81 bits per heavy atom. The van der Waals surface area contributed by atoms with Crippen LogP contribution in [0.25, 0.3) is 0 Å². The second kappa shape index (κ2) is 23.6. The number of carboxylic acids is 2. The van der Waals surface area contributed by atoms with Crippen LogP contribution in [0.1, 0.15) is 155 Å². The van der Waals surface area contributed by atoms with E-state index in [1.54, 1.807) is 0 Å². The lowest BCUT2D eigenvalue weighted by Crippen LogP contribution is -2.35. The van der Waals surface area contributed by atoms with Crippen LogP contribution in [0.5, 0.6) is 0 Å². The maximum atomic E-state index is 15.9. The van der Waals surface area contributed by atoms with Gasteiger partial charge in [0.2, 0.25) is 11.5 Å². The van der Waals surface area contributed by atoms with Gasteiger partial charge in [-0.05, 0) is 73.3 Å². The fourth-order valence-electron chi connectivity index (χ4n) is 10.8. The standard InChI is InChI=1S/C56H67F5N2O4S/c1-6-11-29-55(30-12-7-2)40-19-15-17-21-42(40)62(33-27-46(64)65)44(55)25-23-38-35-37(10-5)36-39(53(38)68-54-51(60)49(58)48(57)50(59)52(54)61)24-26-45-56(31-13-8-3,32-14-9-4)41-20-16-18-22-43(41)63(45)34-28-47(66)67/h15-26,37H,6-14,27-36H2,1-5H3,(H-,64,65,66,67)/p+1. The van der Waals surface area contributed by atoms with Gasteiger partial charge in [0.15, 0.2) is 35.5 Å². The number of thioether (sulfide) groups is 1. The van der Waals surface area contributed by atoms with Crippen molar-refractivity contribution >= 4 is 40.8 Å². The number of nitrogens with zero attached hydrogens (tertiary/aromatic N) is 2. The lowest BCUT2D eigenvalue weighted by molar-refractivity contribution is -0.436. The molecule has 0 spiro atoms. The molecular formula is C56H68F5N2O4S+. The minimum atomic E-state index is -2.22. The van der Waals surface area contributed by atoms with E-state index in [-0.39, 0.29) is 31.8 Å². The Labute approximate surface area is 403 Å². The number of anilines is 1. The van der Waals surface area contributed by atoms with Gasteiger partial charge in [-0.2, -0.15) is 4.58 Å². The van der Waals surface area contributed by atoms with Crippen LogP contribution in [-0.2, 0) is 20.4 Å². The number of aliphatic carboxylic acids is 2. The van der Waals surface area contributed by atoms with E-state index >= 15 is 17.6 Å². The third kappa shape index (κ3) is 10.8. The summed E-state index contributed by atoms with van der Waals surface area (Å²) in [7, 11) is 0. The SMILES string of the molecule is CCCCC1(CCCC)C(=CC=C2CC(CC)CC(C=CC3=[N+](CCC(=O)O)c4ccccc4C3(CCCC)CCCC)=C2Sc2c(F)c(F)c(F)c(F)c2F)N(CCC(=O)O)c2ccccc21. The number of halogens is 5. The number of para-hydroxylation sites is 2. The van der Waals surface area contributed by atoms with Crippen LogP contribution in [0.3, 0.4) is 0 Å². The smallest absolute Gasteiger partial charge is 0.309 e. The van der Waals surface area contributed by atoms with Gasteiger partial charge in [0.1, 0.15) is 6.42 Å². The number of hydrogen-bond donors (Lipinski definition) is 2. The first-order valence-electron chi connectivity index (χ1n) is 24.8. The van der Waals surface area contributed by atoms with Crippen molar-refractivity contribution in [1.82, 2.24) is 0 Å². The Hall–Kier alpha value is -4.97. The van der Waals surface area contributed by atoms with E-state index in [1.165, 1.54) is 0 Å². The van der Waals surface area contributed by atoms with Crippen LogP contribution < -0.4 is 4.90 Å². The molecule has 0 aromatic heterocycles. The summed E-state index contributed by atoms with van der Waals surface area (Å²) in [5, 5.41) is 19.9. The molecule has 3 aliphatic rings. The highest BCUT2D eigenvalue weighted by Gasteiger charge is 2.50. The largest absolute Gasteiger partial charge is 0.481 e. The van der Waals surface area contributed by atoms with E-state index in [0.29, 0.717) is 40.7 Å². The van der Waals surface area contributed by atoms with E-state index in [9.17, 15) is 24.2 Å². The monoisotopic (exact) mass is 959 g/mol. The molecule has 2 N–H and O–H groups in total. The number of fused-ring (bicyclic) bond motifs is 2. The van der Waals surface area contributed by atoms with Gasteiger partial charge in [-0.15, -0.1) is 0 Å². The van der Waals surface area contributed by atoms with Crippen molar-refractivity contribution < 1.29 is 46.3 Å². The molecule has 3 aromatic rings. The summed E-state index contributed by atoms with van der Waals surface area (Å²) >= 11 is 0.551. The second-order valence-electron chi connectivity index (χ2n) is 18.7. The van der Waals surface area contributed by atoms with Crippen molar-refractivity contribution in [1.29, 1.82) is 0 Å². The second-order valence-corrected chi connectivity index (χ2v) is 19.7. The zero-order valence-corrected chi connectivity index (χ0v) is 41.2. The third-order valence-electron chi connectivity index (χ3n) is 14.3. The van der Waals surface area contributed by atoms with Crippen molar-refractivity contribution in [3.8, 4) is 0 Å². The molecule has 2 aliphatic heterocycles. The Morgan fingerprint density at radius 2 is 1.24 bits per heavy atom. The topological polar surface area (TPSA) is 80.9 Å². The minimum absolute atomic E-state index is 0.0488. The quantitative estimate of drug-likeness (QED) is 0.0403. The van der Waals surface area contributed by atoms with Gasteiger partial charge in [-0.25, -0.2) is 22.0 Å². The van der Waals surface area contributed by atoms with E-state index in [2.05, 4.69) is 56.2 Å². The first-order valence-corrected chi connectivity index (χ1v) is 25.6. The highest BCUT2D eigenvalue weighted by molar-refractivity contribution is 8.03. The molecule has 2 heterocycles. The number of rotatable bonds is 24. The maximum absolute atomic E-state index is 15.9. The molecule has 1 atom stereocenters. The molecule has 1 unspecified atom stereocenters. The first-order chi connectivity index (χ1) is 32.7. The number of carbonyl (C=O) groups is 2. The summed E-state index contributed by atoms with van der Waals surface area (Å²) in [4.78, 5) is 25.8. The Balaban J connectivity index is 1.65. The molecule has 0 amide bonds. The van der Waals surface area contributed by atoms with Crippen LogP contribution in [0.4, 0.5) is 33.3 Å². The number of carboxylic acid groups (broad SMARTS) is 2. The summed E-state index contributed by atoms with van der Waals surface area (Å²) in [6.45, 7) is 11.1. The molecule has 3 aromatic carbocycles. The van der Waals surface area contributed by atoms with Crippen LogP contribution in [-0.4, -0.2) is 45.5 Å². The van der Waals surface area contributed by atoms with Crippen LogP contribution in [0, 0.1) is 35.0 Å². The molecule has 6 rings (SSSR count). The molecule has 1 aliphatic carbocycles. The Kier molecular flexibility index (Phi) is 18.2. The molecule has 0 bridgehead atoms. The average molecular weight is 960 g/mol. The molecule has 366 valence electrons. The van der Waals surface area contributed by atoms with Crippen LogP contribution >= 0.6 is 11.8 Å². The predicted molar refractivity (Wildman–Crippen MR) is 263 cm³/mol. The third-order valence-corrected chi connectivity index (χ3v) is 15.6. The molecule has 68 heavy (non-hydrogen) atoms. The molecule has 0 saturated heterocycles. The van der Waals surface area contributed by atoms with Gasteiger partial charge >= 0.3 is 11.9 Å². The maximum Gasteiger partial charge on any atom is 0.309 e. The van der Waals surface area contributed by atoms with Gasteiger partial charge in [0.25, 0.3) is 0 Å². The highest BCUT2D eigenvalue weighted by atomic mass is 32.2. The number of unbranched alkanes of at least 4 members (excludes halogenated alkanes) is 4. The fraction of sp³-hybridized carbons (Fsp3) is 0.482. The molecule has 0 saturated carbocycles. The van der Waals surface area contributed by atoms with Gasteiger partial charge in [-0.3, -0.25) is 9.59 Å². The Bertz CT molecular complexity index is 2450. The van der Waals surface area contributed by atoms with E-state index in [1.807, 2.05) is 60.7 Å². The lowest BCUT2D eigenvalue weighted by Gasteiger charge is -2.34. The van der Waals surface area contributed by atoms with Crippen LogP contribution in [0.15, 0.2) is 99.5 Å². The van der Waals surface area contributed by atoms with Gasteiger partial charge in [0, 0.05) is 46.0 Å². The lowest BCUT2D eigenvalue weighted by atomic mass is 9.70. The molecular weight excluding hydrogens is 892 g/mol. The average Bonchev–Trinajstić information content (AvgIpc) is 3.76. The molecule has 0 fully saturated rings. The minimum Gasteiger partial charge on any atom is -0.481 e. The molecule has 6 nitrogen and oxygen atoms in total. The van der Waals surface area contributed by atoms with Crippen LogP contribution in [0.2, 0.25) is 0 Å². The zero-order valence-electron chi connectivity index (χ0n) is 40.3. The molecule has 12 heteroatoms. The number of hydrogen-bond acceptors (Lipinski definition) is 4. The van der Waals surface area contributed by atoms with Crippen molar-refractivity contribution in [2.45, 2.75) is 159 Å². The van der Waals surface area contributed by atoms with Gasteiger partial charge < -0.3 is 15.1 Å². The number of allylic oxidation sites excluding steroid dienone is 7. The summed E-state index contributed by atoms with van der Waals surface area (Å²) in [5.41, 5.74) is 6.38. The van der Waals surface area contributed by atoms with Crippen molar-refractivity contribution in [2.75, 3.05) is 18.0 Å². The van der Waals surface area contributed by atoms with Crippen molar-refractivity contribution in [3.05, 3.63) is 135 Å². The first kappa shape index (κ1) is 52.4. The Morgan fingerprint density at radius 1 is 0.691 bits per heavy atom. The summed E-state index contributed by atoms with van der Waals surface area (Å²) in [6.07, 6.45) is 20.0. The highest BCUT2D eigenvalue weighted by Crippen LogP contribution is 2.55. The summed E-state index contributed by atoms with van der Waals surface area (Å²) in [6, 6.07) is 16.2. The summed E-state index contributed by atoms with van der Waals surface area (Å²) in [5.74, 6) is -11.9. The van der Waals surface area contributed by atoms with Gasteiger partial charge in [0.05, 0.1) is 16.7 Å². The van der Waals surface area contributed by atoms with Crippen molar-refractivity contribution in [3.63, 3.8) is 0 Å². The predicted octanol–water partition coefficient (Wildman–Crippen LogP) is 15.4. The van der Waals surface area contributed by atoms with Gasteiger partial charge in [-0.1, -0.05) is 153 Å². The fourth-order valence-corrected chi connectivity index (χ4v) is 11.9. The van der Waals surface area contributed by atoms with E-state index in [4.69, 9.17) is 0 Å². The molecule has 0 radical (unpaired) electrons. The van der Waals surface area contributed by atoms with E-state index < -0.39 is 56.8 Å². The van der Waals surface area contributed by atoms with Crippen molar-refractivity contribution in [2.24, 2.45) is 5.92 Å². The van der Waals surface area contributed by atoms with E-state index in [0.717, 1.165) is 117 Å².